The predicted molar refractivity (Wildman–Crippen MR) is 102 cm³/mol. The normalized spacial score (nSPS) is 10.5. The highest BCUT2D eigenvalue weighted by atomic mass is 19.1. The van der Waals surface area contributed by atoms with E-state index in [9.17, 15) is 9.18 Å². The molecule has 1 heterocycles. The molecule has 1 amide bonds. The van der Waals surface area contributed by atoms with Crippen molar-refractivity contribution in [3.63, 3.8) is 0 Å². The lowest BCUT2D eigenvalue weighted by molar-refractivity contribution is 0.0727. The number of nitriles is 1. The Hall–Kier alpha value is -3.46. The second-order valence-electron chi connectivity index (χ2n) is 6.51. The van der Waals surface area contributed by atoms with Crippen molar-refractivity contribution < 1.29 is 13.7 Å². The molecule has 0 N–H and O–H groups in total. The molecule has 3 rings (SSSR count). The van der Waals surface area contributed by atoms with Gasteiger partial charge in [-0.1, -0.05) is 36.3 Å². The zero-order valence-corrected chi connectivity index (χ0v) is 15.8. The number of hydrogen-bond acceptors (Lipinski definition) is 4. The topological polar surface area (TPSA) is 70.1 Å². The first kappa shape index (κ1) is 19.3. The Morgan fingerprint density at radius 3 is 2.54 bits per heavy atom. The Morgan fingerprint density at radius 2 is 1.89 bits per heavy atom. The Balaban J connectivity index is 1.94. The molecule has 142 valence electrons. The molecule has 3 aromatic rings. The molecule has 0 unspecified atom stereocenters. The van der Waals surface area contributed by atoms with Crippen molar-refractivity contribution in [3.8, 4) is 6.07 Å². The Kier molecular flexibility index (Phi) is 5.85. The molecule has 28 heavy (non-hydrogen) atoms. The summed E-state index contributed by atoms with van der Waals surface area (Å²) >= 11 is 0. The Bertz CT molecular complexity index is 1020. The lowest BCUT2D eigenvalue weighted by atomic mass is 10.1. The third-order valence-electron chi connectivity index (χ3n) is 4.49. The van der Waals surface area contributed by atoms with E-state index in [1.54, 1.807) is 36.1 Å². The minimum Gasteiger partial charge on any atom is -0.361 e. The summed E-state index contributed by atoms with van der Waals surface area (Å²) in [6, 6.07) is 15.3. The van der Waals surface area contributed by atoms with Crippen molar-refractivity contribution in [2.24, 2.45) is 0 Å². The van der Waals surface area contributed by atoms with Gasteiger partial charge in [-0.25, -0.2) is 4.39 Å². The molecule has 0 aliphatic carbocycles. The summed E-state index contributed by atoms with van der Waals surface area (Å²) in [5.41, 5.74) is 3.17. The van der Waals surface area contributed by atoms with E-state index in [0.717, 1.165) is 5.56 Å². The maximum absolute atomic E-state index is 13.6. The number of aromatic nitrogens is 1. The van der Waals surface area contributed by atoms with E-state index in [-0.39, 0.29) is 18.3 Å². The van der Waals surface area contributed by atoms with Crippen LogP contribution in [0.5, 0.6) is 0 Å². The van der Waals surface area contributed by atoms with Crippen LogP contribution in [-0.4, -0.2) is 16.0 Å². The van der Waals surface area contributed by atoms with E-state index in [4.69, 9.17) is 9.78 Å². The molecular weight excluding hydrogens is 357 g/mol. The number of aryl methyl sites for hydroxylation is 2. The maximum atomic E-state index is 13.6. The third kappa shape index (κ3) is 4.26. The first-order chi connectivity index (χ1) is 13.5. The standard InChI is InChI=1S/C22H20FN3O2/c1-3-20-21(15(2)28-25-20)22(27)26(14-18-5-4-6-19(23)11-18)13-17-9-7-16(12-24)8-10-17/h4-11H,3,13-14H2,1-2H3. The molecule has 1 aromatic heterocycles. The van der Waals surface area contributed by atoms with Crippen molar-refractivity contribution in [1.82, 2.24) is 10.1 Å². The molecule has 0 atom stereocenters. The molecule has 0 spiro atoms. The number of benzene rings is 2. The fourth-order valence-electron chi connectivity index (χ4n) is 3.05. The van der Waals surface area contributed by atoms with Gasteiger partial charge in [0.1, 0.15) is 17.1 Å². The van der Waals surface area contributed by atoms with E-state index in [2.05, 4.69) is 11.2 Å². The Labute approximate surface area is 163 Å². The Morgan fingerprint density at radius 1 is 1.18 bits per heavy atom. The van der Waals surface area contributed by atoms with Gasteiger partial charge in [-0.2, -0.15) is 5.26 Å². The molecule has 0 radical (unpaired) electrons. The molecule has 5 nitrogen and oxygen atoms in total. The molecule has 0 aliphatic rings. The smallest absolute Gasteiger partial charge is 0.259 e. The van der Waals surface area contributed by atoms with Gasteiger partial charge in [0.05, 0.1) is 17.3 Å². The summed E-state index contributed by atoms with van der Waals surface area (Å²) in [6.07, 6.45) is 0.573. The van der Waals surface area contributed by atoms with Crippen molar-refractivity contribution >= 4 is 5.91 Å². The third-order valence-corrected chi connectivity index (χ3v) is 4.49. The molecular formula is C22H20FN3O2. The minimum atomic E-state index is -0.348. The highest BCUT2D eigenvalue weighted by Gasteiger charge is 2.25. The number of amides is 1. The number of halogens is 1. The zero-order chi connectivity index (χ0) is 20.1. The summed E-state index contributed by atoms with van der Waals surface area (Å²) in [5, 5.41) is 12.9. The van der Waals surface area contributed by atoms with Gasteiger partial charge in [-0.15, -0.1) is 0 Å². The van der Waals surface area contributed by atoms with Crippen LogP contribution in [0.15, 0.2) is 53.1 Å². The summed E-state index contributed by atoms with van der Waals surface area (Å²) in [4.78, 5) is 14.9. The van der Waals surface area contributed by atoms with Crippen LogP contribution in [-0.2, 0) is 19.5 Å². The number of hydrogen-bond donors (Lipinski definition) is 0. The number of rotatable bonds is 6. The van der Waals surface area contributed by atoms with Gasteiger partial charge < -0.3 is 9.42 Å². The van der Waals surface area contributed by atoms with Gasteiger partial charge in [-0.3, -0.25) is 4.79 Å². The van der Waals surface area contributed by atoms with Crippen LogP contribution in [0.4, 0.5) is 4.39 Å². The highest BCUT2D eigenvalue weighted by Crippen LogP contribution is 2.20. The first-order valence-corrected chi connectivity index (χ1v) is 8.99. The quantitative estimate of drug-likeness (QED) is 0.638. The van der Waals surface area contributed by atoms with Crippen LogP contribution >= 0.6 is 0 Å². The molecule has 0 saturated carbocycles. The lowest BCUT2D eigenvalue weighted by Gasteiger charge is -2.23. The summed E-state index contributed by atoms with van der Waals surface area (Å²) < 4.78 is 18.8. The van der Waals surface area contributed by atoms with E-state index < -0.39 is 0 Å². The largest absolute Gasteiger partial charge is 0.361 e. The summed E-state index contributed by atoms with van der Waals surface area (Å²) in [7, 11) is 0. The van der Waals surface area contributed by atoms with E-state index in [0.29, 0.717) is 41.1 Å². The fraction of sp³-hybridized carbons (Fsp3) is 0.227. The van der Waals surface area contributed by atoms with Crippen LogP contribution in [0, 0.1) is 24.1 Å². The van der Waals surface area contributed by atoms with Crippen molar-refractivity contribution in [3.05, 3.63) is 88.1 Å². The van der Waals surface area contributed by atoms with Gasteiger partial charge in [-0.05, 0) is 48.7 Å². The minimum absolute atomic E-state index is 0.218. The maximum Gasteiger partial charge on any atom is 0.259 e. The molecule has 0 bridgehead atoms. The van der Waals surface area contributed by atoms with Gasteiger partial charge in [0, 0.05) is 13.1 Å². The number of carbonyl (C=O) groups is 1. The van der Waals surface area contributed by atoms with Crippen molar-refractivity contribution in [2.45, 2.75) is 33.4 Å². The molecule has 0 fully saturated rings. The second-order valence-corrected chi connectivity index (χ2v) is 6.51. The predicted octanol–water partition coefficient (Wildman–Crippen LogP) is 4.40. The van der Waals surface area contributed by atoms with Gasteiger partial charge >= 0.3 is 0 Å². The van der Waals surface area contributed by atoms with E-state index >= 15 is 0 Å². The first-order valence-electron chi connectivity index (χ1n) is 8.99. The van der Waals surface area contributed by atoms with Gasteiger partial charge in [0.15, 0.2) is 0 Å². The van der Waals surface area contributed by atoms with Gasteiger partial charge in [0.2, 0.25) is 0 Å². The monoisotopic (exact) mass is 377 g/mol. The number of nitrogens with zero attached hydrogens (tertiary/aromatic N) is 3. The van der Waals surface area contributed by atoms with Crippen LogP contribution in [0.3, 0.4) is 0 Å². The molecule has 0 saturated heterocycles. The van der Waals surface area contributed by atoms with Gasteiger partial charge in [0.25, 0.3) is 5.91 Å². The van der Waals surface area contributed by atoms with Crippen LogP contribution < -0.4 is 0 Å². The van der Waals surface area contributed by atoms with Crippen LogP contribution in [0.2, 0.25) is 0 Å². The van der Waals surface area contributed by atoms with Crippen LogP contribution in [0.1, 0.15) is 45.4 Å². The van der Waals surface area contributed by atoms with Crippen molar-refractivity contribution in [1.29, 1.82) is 5.26 Å². The highest BCUT2D eigenvalue weighted by molar-refractivity contribution is 5.96. The molecule has 6 heteroatoms. The fourth-order valence-corrected chi connectivity index (χ4v) is 3.05. The summed E-state index contributed by atoms with van der Waals surface area (Å²) in [5.74, 6) is -0.103. The van der Waals surface area contributed by atoms with Crippen LogP contribution in [0.25, 0.3) is 0 Å². The number of carbonyl (C=O) groups excluding carboxylic acids is 1. The average Bonchev–Trinajstić information content (AvgIpc) is 3.08. The average molecular weight is 377 g/mol. The second kappa shape index (κ2) is 8.49. The lowest BCUT2D eigenvalue weighted by Crippen LogP contribution is -2.31. The molecule has 0 aliphatic heterocycles. The van der Waals surface area contributed by atoms with E-state index in [1.807, 2.05) is 19.1 Å². The van der Waals surface area contributed by atoms with E-state index in [1.165, 1.54) is 12.1 Å². The zero-order valence-electron chi connectivity index (χ0n) is 15.8. The SMILES string of the molecule is CCc1noc(C)c1C(=O)N(Cc1ccc(C#N)cc1)Cc1cccc(F)c1. The summed E-state index contributed by atoms with van der Waals surface area (Å²) in [6.45, 7) is 4.17. The molecule has 2 aromatic carbocycles. The van der Waals surface area contributed by atoms with Crippen molar-refractivity contribution in [2.75, 3.05) is 0 Å².